The summed E-state index contributed by atoms with van der Waals surface area (Å²) in [5.41, 5.74) is 4.46. The van der Waals surface area contributed by atoms with Gasteiger partial charge < -0.3 is 10.0 Å². The van der Waals surface area contributed by atoms with Crippen molar-refractivity contribution in [2.75, 3.05) is 11.4 Å². The Bertz CT molecular complexity index is 594. The first kappa shape index (κ1) is 12.6. The molecule has 3 rings (SSSR count). The van der Waals surface area contributed by atoms with E-state index in [0.29, 0.717) is 6.04 Å². The Hall–Kier alpha value is -1.39. The highest BCUT2D eigenvalue weighted by molar-refractivity contribution is 7.10. The van der Waals surface area contributed by atoms with E-state index in [1.54, 1.807) is 6.20 Å². The third kappa shape index (κ3) is 2.15. The fourth-order valence-corrected chi connectivity index (χ4v) is 3.76. The van der Waals surface area contributed by atoms with Crippen LogP contribution in [-0.2, 0) is 13.0 Å². The molecule has 0 aromatic carbocycles. The van der Waals surface area contributed by atoms with Gasteiger partial charge in [-0.15, -0.1) is 11.3 Å². The van der Waals surface area contributed by atoms with Gasteiger partial charge in [0.05, 0.1) is 12.6 Å². The number of pyridine rings is 1. The van der Waals surface area contributed by atoms with Crippen molar-refractivity contribution in [3.8, 4) is 0 Å². The predicted octanol–water partition coefficient (Wildman–Crippen LogP) is 3.07. The predicted molar refractivity (Wildman–Crippen MR) is 78.7 cm³/mol. The second-order valence-corrected chi connectivity index (χ2v) is 6.03. The Kier molecular flexibility index (Phi) is 3.29. The minimum atomic E-state index is 0.0440. The zero-order valence-corrected chi connectivity index (χ0v) is 12.1. The average Bonchev–Trinajstić information content (AvgIpc) is 2.88. The Morgan fingerprint density at radius 2 is 2.37 bits per heavy atom. The maximum absolute atomic E-state index is 9.52. The van der Waals surface area contributed by atoms with Gasteiger partial charge in [0, 0.05) is 34.6 Å². The standard InChI is InChI=1S/C15H18N2OS/c1-10-7-14(12(9-18)8-16-10)17-5-3-15-13(11(17)2)4-6-19-15/h4,6-8,11,18H,3,5,9H2,1-2H3. The SMILES string of the molecule is Cc1cc(N2CCc3sccc3C2C)c(CO)cn1. The molecule has 0 bridgehead atoms. The molecule has 1 unspecified atom stereocenters. The van der Waals surface area contributed by atoms with Gasteiger partial charge in [-0.2, -0.15) is 0 Å². The molecule has 1 aliphatic heterocycles. The van der Waals surface area contributed by atoms with Crippen LogP contribution in [0.1, 0.15) is 34.7 Å². The molecule has 4 heteroatoms. The van der Waals surface area contributed by atoms with E-state index in [9.17, 15) is 5.11 Å². The first-order valence-electron chi connectivity index (χ1n) is 6.60. The molecule has 0 spiro atoms. The number of aryl methyl sites for hydroxylation is 1. The van der Waals surface area contributed by atoms with Crippen molar-refractivity contribution in [3.63, 3.8) is 0 Å². The van der Waals surface area contributed by atoms with Gasteiger partial charge in [0.15, 0.2) is 0 Å². The number of nitrogens with zero attached hydrogens (tertiary/aromatic N) is 2. The van der Waals surface area contributed by atoms with E-state index in [4.69, 9.17) is 0 Å². The zero-order valence-electron chi connectivity index (χ0n) is 11.3. The molecule has 3 nitrogen and oxygen atoms in total. The second-order valence-electron chi connectivity index (χ2n) is 5.03. The van der Waals surface area contributed by atoms with E-state index in [2.05, 4.69) is 34.3 Å². The number of fused-ring (bicyclic) bond motifs is 1. The molecule has 0 aliphatic carbocycles. The molecule has 100 valence electrons. The Morgan fingerprint density at radius 3 is 3.16 bits per heavy atom. The van der Waals surface area contributed by atoms with Crippen LogP contribution in [0.4, 0.5) is 5.69 Å². The Morgan fingerprint density at radius 1 is 1.53 bits per heavy atom. The van der Waals surface area contributed by atoms with E-state index in [1.165, 1.54) is 10.4 Å². The summed E-state index contributed by atoms with van der Waals surface area (Å²) in [6.07, 6.45) is 2.88. The number of hydrogen-bond donors (Lipinski definition) is 1. The molecule has 0 radical (unpaired) electrons. The topological polar surface area (TPSA) is 36.4 Å². The highest BCUT2D eigenvalue weighted by Crippen LogP contribution is 2.37. The fraction of sp³-hybridized carbons (Fsp3) is 0.400. The van der Waals surface area contributed by atoms with E-state index < -0.39 is 0 Å². The number of rotatable bonds is 2. The highest BCUT2D eigenvalue weighted by Gasteiger charge is 2.26. The molecule has 2 aromatic heterocycles. The molecule has 0 fully saturated rings. The Balaban J connectivity index is 2.02. The van der Waals surface area contributed by atoms with Crippen molar-refractivity contribution in [2.45, 2.75) is 32.9 Å². The second kappa shape index (κ2) is 4.94. The van der Waals surface area contributed by atoms with Gasteiger partial charge in [-0.05, 0) is 43.3 Å². The van der Waals surface area contributed by atoms with Gasteiger partial charge in [0.1, 0.15) is 0 Å². The van der Waals surface area contributed by atoms with Crippen molar-refractivity contribution >= 4 is 17.0 Å². The summed E-state index contributed by atoms with van der Waals surface area (Å²) >= 11 is 1.85. The van der Waals surface area contributed by atoms with Gasteiger partial charge in [-0.25, -0.2) is 0 Å². The van der Waals surface area contributed by atoms with Crippen LogP contribution >= 0.6 is 11.3 Å². The molecule has 1 aliphatic rings. The summed E-state index contributed by atoms with van der Waals surface area (Å²) in [6, 6.07) is 4.67. The molecule has 19 heavy (non-hydrogen) atoms. The number of anilines is 1. The van der Waals surface area contributed by atoms with Gasteiger partial charge in [-0.1, -0.05) is 0 Å². The highest BCUT2D eigenvalue weighted by atomic mass is 32.1. The number of aromatic nitrogens is 1. The van der Waals surface area contributed by atoms with Crippen LogP contribution in [0.2, 0.25) is 0 Å². The van der Waals surface area contributed by atoms with Gasteiger partial charge >= 0.3 is 0 Å². The minimum absolute atomic E-state index is 0.0440. The van der Waals surface area contributed by atoms with Crippen LogP contribution in [0.3, 0.4) is 0 Å². The normalized spacial score (nSPS) is 18.5. The van der Waals surface area contributed by atoms with Crippen molar-refractivity contribution in [1.29, 1.82) is 0 Å². The number of hydrogen-bond acceptors (Lipinski definition) is 4. The van der Waals surface area contributed by atoms with Crippen LogP contribution in [-0.4, -0.2) is 16.6 Å². The van der Waals surface area contributed by atoms with E-state index >= 15 is 0 Å². The van der Waals surface area contributed by atoms with Crippen LogP contribution in [0, 0.1) is 6.92 Å². The van der Waals surface area contributed by atoms with Gasteiger partial charge in [0.25, 0.3) is 0 Å². The number of aliphatic hydroxyl groups excluding tert-OH is 1. The largest absolute Gasteiger partial charge is 0.392 e. The summed E-state index contributed by atoms with van der Waals surface area (Å²) in [6.45, 7) is 5.28. The molecule has 0 amide bonds. The van der Waals surface area contributed by atoms with Gasteiger partial charge in [-0.3, -0.25) is 4.98 Å². The van der Waals surface area contributed by atoms with Crippen molar-refractivity contribution < 1.29 is 5.11 Å². The lowest BCUT2D eigenvalue weighted by molar-refractivity contribution is 0.281. The lowest BCUT2D eigenvalue weighted by Crippen LogP contribution is -2.33. The maximum Gasteiger partial charge on any atom is 0.0717 e. The molecular formula is C15H18N2OS. The van der Waals surface area contributed by atoms with Crippen LogP contribution in [0.5, 0.6) is 0 Å². The van der Waals surface area contributed by atoms with Crippen molar-refractivity contribution in [2.24, 2.45) is 0 Å². The maximum atomic E-state index is 9.52. The molecule has 0 saturated heterocycles. The summed E-state index contributed by atoms with van der Waals surface area (Å²) < 4.78 is 0. The average molecular weight is 274 g/mol. The van der Waals surface area contributed by atoms with Crippen LogP contribution < -0.4 is 4.90 Å². The molecule has 3 heterocycles. The third-order valence-electron chi connectivity index (χ3n) is 3.86. The molecule has 2 aromatic rings. The quantitative estimate of drug-likeness (QED) is 0.914. The van der Waals surface area contributed by atoms with E-state index in [0.717, 1.165) is 29.9 Å². The monoisotopic (exact) mass is 274 g/mol. The lowest BCUT2D eigenvalue weighted by atomic mass is 9.99. The Labute approximate surface area is 117 Å². The smallest absolute Gasteiger partial charge is 0.0717 e. The third-order valence-corrected chi connectivity index (χ3v) is 4.85. The minimum Gasteiger partial charge on any atom is -0.392 e. The number of aliphatic hydroxyl groups is 1. The number of thiophene rings is 1. The summed E-state index contributed by atoms with van der Waals surface area (Å²) in [5.74, 6) is 0. The molecular weight excluding hydrogens is 256 g/mol. The van der Waals surface area contributed by atoms with Crippen molar-refractivity contribution in [3.05, 3.63) is 45.4 Å². The zero-order chi connectivity index (χ0) is 13.4. The van der Waals surface area contributed by atoms with E-state index in [-0.39, 0.29) is 6.61 Å². The van der Waals surface area contributed by atoms with Crippen LogP contribution in [0.15, 0.2) is 23.7 Å². The van der Waals surface area contributed by atoms with Crippen LogP contribution in [0.25, 0.3) is 0 Å². The fourth-order valence-electron chi connectivity index (χ4n) is 2.80. The molecule has 0 saturated carbocycles. The first-order valence-corrected chi connectivity index (χ1v) is 7.48. The molecule has 1 atom stereocenters. The summed E-state index contributed by atoms with van der Waals surface area (Å²) in [5, 5.41) is 11.7. The van der Waals surface area contributed by atoms with Gasteiger partial charge in [0.2, 0.25) is 0 Å². The summed E-state index contributed by atoms with van der Waals surface area (Å²) in [4.78, 5) is 8.16. The molecule has 1 N–H and O–H groups in total. The lowest BCUT2D eigenvalue weighted by Gasteiger charge is -2.36. The van der Waals surface area contributed by atoms with E-state index in [1.807, 2.05) is 18.3 Å². The van der Waals surface area contributed by atoms with Crippen molar-refractivity contribution in [1.82, 2.24) is 4.98 Å². The first-order chi connectivity index (χ1) is 9.20. The summed E-state index contributed by atoms with van der Waals surface area (Å²) in [7, 11) is 0.